The Morgan fingerprint density at radius 3 is 2.33 bits per heavy atom. The zero-order chi connectivity index (χ0) is 27.8. The molecule has 0 radical (unpaired) electrons. The third kappa shape index (κ3) is 7.99. The number of nitrogens with zero attached hydrogens (tertiary/aromatic N) is 1. The normalized spacial score (nSPS) is 20.4. The molecule has 0 aliphatic carbocycles. The number of carboxylic acid groups (broad SMARTS) is 1. The number of carbonyl (C=O) groups is 4. The number of aryl methyl sites for hydroxylation is 1. The number of ketones is 1. The number of nitrogens with one attached hydrogen (secondary N) is 2. The number of hydrogen-bond donors (Lipinski definition) is 3. The van der Waals surface area contributed by atoms with Gasteiger partial charge in [0.2, 0.25) is 11.8 Å². The van der Waals surface area contributed by atoms with E-state index in [-0.39, 0.29) is 42.9 Å². The van der Waals surface area contributed by atoms with Crippen LogP contribution >= 0.6 is 0 Å². The quantitative estimate of drug-likeness (QED) is 0.386. The minimum atomic E-state index is -1.01. The molecule has 39 heavy (non-hydrogen) atoms. The Bertz CT molecular complexity index is 1140. The molecule has 3 N–H and O–H groups in total. The van der Waals surface area contributed by atoms with E-state index in [0.29, 0.717) is 19.4 Å². The van der Waals surface area contributed by atoms with Crippen molar-refractivity contribution >= 4 is 23.6 Å². The van der Waals surface area contributed by atoms with Gasteiger partial charge in [-0.3, -0.25) is 19.2 Å². The van der Waals surface area contributed by atoms with Crippen LogP contribution in [-0.4, -0.2) is 64.8 Å². The number of benzene rings is 2. The lowest BCUT2D eigenvalue weighted by atomic mass is 9.91. The third-order valence-electron chi connectivity index (χ3n) is 7.77. The molecule has 8 heteroatoms. The van der Waals surface area contributed by atoms with Crippen LogP contribution in [0.3, 0.4) is 0 Å². The van der Waals surface area contributed by atoms with Gasteiger partial charge in [0, 0.05) is 25.4 Å². The summed E-state index contributed by atoms with van der Waals surface area (Å²) in [6, 6.07) is 16.0. The summed E-state index contributed by atoms with van der Waals surface area (Å²) in [7, 11) is 0. The standard InChI is InChI=1S/C31H39N3O5/c1-21-11-13-23(14-12-21)17-24(31(38)39)19-26(35)20-25(18-22-7-3-2-4-8-22)33-29(36)28-10-6-16-34(28)30(37)27-9-5-15-32-27/h2-4,7-8,11-14,24-25,27-28,32H,5-6,9-10,15-20H2,1H3,(H,33,36)(H,38,39). The van der Waals surface area contributed by atoms with E-state index in [1.165, 1.54) is 0 Å². The first-order valence-electron chi connectivity index (χ1n) is 14.0. The van der Waals surface area contributed by atoms with Crippen LogP contribution in [0.5, 0.6) is 0 Å². The van der Waals surface area contributed by atoms with Gasteiger partial charge in [-0.2, -0.15) is 0 Å². The first-order valence-corrected chi connectivity index (χ1v) is 14.0. The van der Waals surface area contributed by atoms with Crippen molar-refractivity contribution in [2.75, 3.05) is 13.1 Å². The number of carboxylic acids is 1. The smallest absolute Gasteiger partial charge is 0.307 e. The van der Waals surface area contributed by atoms with Crippen LogP contribution in [0, 0.1) is 12.8 Å². The number of Topliss-reactive ketones (excluding diaryl/α,β-unsaturated/α-hetero) is 1. The molecule has 0 bridgehead atoms. The number of aliphatic carboxylic acids is 1. The maximum Gasteiger partial charge on any atom is 0.307 e. The average molecular weight is 534 g/mol. The van der Waals surface area contributed by atoms with E-state index in [9.17, 15) is 24.3 Å². The van der Waals surface area contributed by atoms with Crippen molar-refractivity contribution in [2.45, 2.75) is 76.4 Å². The van der Waals surface area contributed by atoms with Gasteiger partial charge >= 0.3 is 5.97 Å². The third-order valence-corrected chi connectivity index (χ3v) is 7.77. The van der Waals surface area contributed by atoms with Crippen LogP contribution in [0.2, 0.25) is 0 Å². The van der Waals surface area contributed by atoms with Crippen LogP contribution in [-0.2, 0) is 32.0 Å². The number of rotatable bonds is 12. The van der Waals surface area contributed by atoms with Crippen molar-refractivity contribution in [3.05, 3.63) is 71.3 Å². The molecule has 0 spiro atoms. The van der Waals surface area contributed by atoms with E-state index >= 15 is 0 Å². The lowest BCUT2D eigenvalue weighted by molar-refractivity contribution is -0.144. The highest BCUT2D eigenvalue weighted by Gasteiger charge is 2.38. The zero-order valence-corrected chi connectivity index (χ0v) is 22.6. The summed E-state index contributed by atoms with van der Waals surface area (Å²) in [6.07, 6.45) is 3.72. The molecule has 2 saturated heterocycles. The molecule has 2 aromatic carbocycles. The summed E-state index contributed by atoms with van der Waals surface area (Å²) in [5, 5.41) is 16.1. The van der Waals surface area contributed by atoms with Gasteiger partial charge in [0.25, 0.3) is 0 Å². The molecule has 2 aliphatic heterocycles. The predicted molar refractivity (Wildman–Crippen MR) is 148 cm³/mol. The van der Waals surface area contributed by atoms with Crippen molar-refractivity contribution in [2.24, 2.45) is 5.92 Å². The second-order valence-electron chi connectivity index (χ2n) is 10.9. The van der Waals surface area contributed by atoms with E-state index < -0.39 is 24.0 Å². The fraction of sp³-hybridized carbons (Fsp3) is 0.484. The van der Waals surface area contributed by atoms with Crippen molar-refractivity contribution in [3.63, 3.8) is 0 Å². The number of hydrogen-bond acceptors (Lipinski definition) is 5. The molecule has 2 aliphatic rings. The minimum Gasteiger partial charge on any atom is -0.481 e. The molecule has 4 atom stereocenters. The Labute approximate surface area is 230 Å². The zero-order valence-electron chi connectivity index (χ0n) is 22.6. The van der Waals surface area contributed by atoms with Gasteiger partial charge in [0.15, 0.2) is 0 Å². The summed E-state index contributed by atoms with van der Waals surface area (Å²) >= 11 is 0. The van der Waals surface area contributed by atoms with Gasteiger partial charge in [0.05, 0.1) is 12.0 Å². The summed E-state index contributed by atoms with van der Waals surface area (Å²) < 4.78 is 0. The molecule has 2 aromatic rings. The monoisotopic (exact) mass is 533 g/mol. The summed E-state index contributed by atoms with van der Waals surface area (Å²) in [5.74, 6) is -2.32. The highest BCUT2D eigenvalue weighted by Crippen LogP contribution is 2.22. The number of carbonyl (C=O) groups excluding carboxylic acids is 3. The molecule has 2 amide bonds. The first-order chi connectivity index (χ1) is 18.8. The van der Waals surface area contributed by atoms with Crippen LogP contribution in [0.25, 0.3) is 0 Å². The summed E-state index contributed by atoms with van der Waals surface area (Å²) in [6.45, 7) is 3.33. The van der Waals surface area contributed by atoms with E-state index in [2.05, 4.69) is 10.6 Å². The molecular weight excluding hydrogens is 494 g/mol. The topological polar surface area (TPSA) is 116 Å². The van der Waals surface area contributed by atoms with Gasteiger partial charge in [-0.15, -0.1) is 0 Å². The largest absolute Gasteiger partial charge is 0.481 e. The molecule has 2 heterocycles. The molecule has 2 fully saturated rings. The van der Waals surface area contributed by atoms with E-state index in [1.54, 1.807) is 4.90 Å². The van der Waals surface area contributed by atoms with E-state index in [1.807, 2.05) is 61.5 Å². The van der Waals surface area contributed by atoms with Gasteiger partial charge in [-0.1, -0.05) is 60.2 Å². The lowest BCUT2D eigenvalue weighted by Crippen LogP contribution is -2.53. The lowest BCUT2D eigenvalue weighted by Gasteiger charge is -2.28. The fourth-order valence-corrected chi connectivity index (χ4v) is 5.66. The maximum atomic E-state index is 13.4. The van der Waals surface area contributed by atoms with Crippen LogP contribution in [0.15, 0.2) is 54.6 Å². The highest BCUT2D eigenvalue weighted by molar-refractivity contribution is 5.91. The van der Waals surface area contributed by atoms with Crippen molar-refractivity contribution in [1.82, 2.24) is 15.5 Å². The first kappa shape index (κ1) is 28.5. The molecular formula is C31H39N3O5. The summed E-state index contributed by atoms with van der Waals surface area (Å²) in [5.41, 5.74) is 2.93. The minimum absolute atomic E-state index is 0.0266. The van der Waals surface area contributed by atoms with Gasteiger partial charge < -0.3 is 20.6 Å². The van der Waals surface area contributed by atoms with Crippen LogP contribution in [0.4, 0.5) is 0 Å². The second-order valence-corrected chi connectivity index (χ2v) is 10.9. The molecule has 4 rings (SSSR count). The van der Waals surface area contributed by atoms with Crippen molar-refractivity contribution in [3.8, 4) is 0 Å². The van der Waals surface area contributed by atoms with Gasteiger partial charge in [0.1, 0.15) is 11.8 Å². The molecule has 8 nitrogen and oxygen atoms in total. The Morgan fingerprint density at radius 2 is 1.67 bits per heavy atom. The van der Waals surface area contributed by atoms with E-state index in [0.717, 1.165) is 42.5 Å². The van der Waals surface area contributed by atoms with Gasteiger partial charge in [-0.25, -0.2) is 0 Å². The second kappa shape index (κ2) is 13.5. The van der Waals surface area contributed by atoms with Crippen molar-refractivity contribution < 1.29 is 24.3 Å². The Kier molecular flexibility index (Phi) is 9.87. The van der Waals surface area contributed by atoms with Crippen molar-refractivity contribution in [1.29, 1.82) is 0 Å². The average Bonchev–Trinajstić information content (AvgIpc) is 3.62. The van der Waals surface area contributed by atoms with Crippen LogP contribution < -0.4 is 10.6 Å². The molecule has 0 aromatic heterocycles. The van der Waals surface area contributed by atoms with Crippen LogP contribution in [0.1, 0.15) is 55.2 Å². The predicted octanol–water partition coefficient (Wildman–Crippen LogP) is 3.06. The highest BCUT2D eigenvalue weighted by atomic mass is 16.4. The summed E-state index contributed by atoms with van der Waals surface area (Å²) in [4.78, 5) is 53.3. The molecule has 0 saturated carbocycles. The van der Waals surface area contributed by atoms with Gasteiger partial charge in [-0.05, 0) is 63.1 Å². The number of likely N-dealkylation sites (tertiary alicyclic amines) is 1. The molecule has 208 valence electrons. The maximum absolute atomic E-state index is 13.4. The Balaban J connectivity index is 1.42. The number of amides is 2. The Morgan fingerprint density at radius 1 is 0.949 bits per heavy atom. The Hall–Kier alpha value is -3.52. The SMILES string of the molecule is Cc1ccc(CC(CC(=O)CC(Cc2ccccc2)NC(=O)C2CCCN2C(=O)C2CCCN2)C(=O)O)cc1. The fourth-order valence-electron chi connectivity index (χ4n) is 5.66. The van der Waals surface area contributed by atoms with E-state index in [4.69, 9.17) is 0 Å². The molecule has 4 unspecified atom stereocenters.